The number of nitrogens with one attached hydrogen (secondary N) is 1. The standard InChI is InChI=1S/C18H21N3O3S/c19-7-8-20-17(18-6-3-9-24-18)13-25(22,23)12-14-10-15-4-1-2-5-16(15)21-11-14/h1-2,4-5,10-11,17-18,20H,3,6,8-9,12-13H2. The van der Waals surface area contributed by atoms with Gasteiger partial charge < -0.3 is 4.74 Å². The lowest BCUT2D eigenvalue weighted by atomic mass is 10.1. The van der Waals surface area contributed by atoms with E-state index in [1.165, 1.54) is 0 Å². The van der Waals surface area contributed by atoms with E-state index in [4.69, 9.17) is 10.00 Å². The Bertz CT molecular complexity index is 871. The number of hydrogen-bond acceptors (Lipinski definition) is 6. The second-order valence-electron chi connectivity index (χ2n) is 6.29. The molecule has 132 valence electrons. The molecule has 1 N–H and O–H groups in total. The maximum atomic E-state index is 12.7. The summed E-state index contributed by atoms with van der Waals surface area (Å²) in [5.41, 5.74) is 1.52. The molecule has 25 heavy (non-hydrogen) atoms. The predicted molar refractivity (Wildman–Crippen MR) is 95.6 cm³/mol. The van der Waals surface area contributed by atoms with Crippen LogP contribution >= 0.6 is 0 Å². The van der Waals surface area contributed by atoms with Crippen molar-refractivity contribution >= 4 is 20.7 Å². The average molecular weight is 359 g/mol. The summed E-state index contributed by atoms with van der Waals surface area (Å²) in [5.74, 6) is -0.117. The zero-order valence-electron chi connectivity index (χ0n) is 13.9. The summed E-state index contributed by atoms with van der Waals surface area (Å²) < 4.78 is 30.9. The molecule has 1 fully saturated rings. The van der Waals surface area contributed by atoms with Gasteiger partial charge >= 0.3 is 0 Å². The Kier molecular flexibility index (Phi) is 5.63. The van der Waals surface area contributed by atoms with Crippen molar-refractivity contribution in [1.29, 1.82) is 5.26 Å². The fraction of sp³-hybridized carbons (Fsp3) is 0.444. The first kappa shape index (κ1) is 17.8. The molecule has 1 aliphatic rings. The van der Waals surface area contributed by atoms with E-state index in [-0.39, 0.29) is 30.2 Å². The number of sulfone groups is 1. The minimum atomic E-state index is -3.36. The fourth-order valence-electron chi connectivity index (χ4n) is 3.18. The van der Waals surface area contributed by atoms with E-state index in [0.717, 1.165) is 23.7 Å². The molecule has 1 saturated heterocycles. The van der Waals surface area contributed by atoms with Crippen LogP contribution in [-0.2, 0) is 20.3 Å². The highest BCUT2D eigenvalue weighted by atomic mass is 32.2. The van der Waals surface area contributed by atoms with Crippen molar-refractivity contribution < 1.29 is 13.2 Å². The molecule has 0 amide bonds. The summed E-state index contributed by atoms with van der Waals surface area (Å²) in [6.45, 7) is 0.752. The molecule has 2 heterocycles. The van der Waals surface area contributed by atoms with Crippen LogP contribution < -0.4 is 5.32 Å². The highest BCUT2D eigenvalue weighted by Crippen LogP contribution is 2.19. The Morgan fingerprint density at radius 2 is 2.24 bits per heavy atom. The highest BCUT2D eigenvalue weighted by Gasteiger charge is 2.30. The molecule has 2 unspecified atom stereocenters. The van der Waals surface area contributed by atoms with Gasteiger partial charge in [-0.05, 0) is 30.5 Å². The molecule has 1 aliphatic heterocycles. The number of pyridine rings is 1. The zero-order chi connectivity index (χ0) is 17.7. The molecule has 6 nitrogen and oxygen atoms in total. The molecule has 1 aromatic carbocycles. The third kappa shape index (κ3) is 4.75. The van der Waals surface area contributed by atoms with Gasteiger partial charge in [-0.2, -0.15) is 5.26 Å². The number of nitriles is 1. The normalized spacial score (nSPS) is 18.9. The van der Waals surface area contributed by atoms with Gasteiger partial charge in [-0.25, -0.2) is 8.42 Å². The van der Waals surface area contributed by atoms with E-state index < -0.39 is 9.84 Å². The lowest BCUT2D eigenvalue weighted by Gasteiger charge is -2.23. The average Bonchev–Trinajstić information content (AvgIpc) is 3.12. The molecule has 2 atom stereocenters. The molecule has 2 aromatic rings. The van der Waals surface area contributed by atoms with Crippen molar-refractivity contribution in [3.05, 3.63) is 42.1 Å². The Hall–Kier alpha value is -2.01. The number of benzene rings is 1. The van der Waals surface area contributed by atoms with Crippen LogP contribution in [0.5, 0.6) is 0 Å². The van der Waals surface area contributed by atoms with Gasteiger partial charge in [0.25, 0.3) is 0 Å². The lowest BCUT2D eigenvalue weighted by molar-refractivity contribution is 0.0858. The van der Waals surface area contributed by atoms with Crippen LogP contribution in [0.1, 0.15) is 18.4 Å². The van der Waals surface area contributed by atoms with E-state index in [0.29, 0.717) is 12.2 Å². The fourth-order valence-corrected chi connectivity index (χ4v) is 4.84. The topological polar surface area (TPSA) is 92.1 Å². The monoisotopic (exact) mass is 359 g/mol. The maximum Gasteiger partial charge on any atom is 0.156 e. The van der Waals surface area contributed by atoms with Crippen LogP contribution in [-0.4, -0.2) is 44.5 Å². The molecule has 0 saturated carbocycles. The molecule has 0 spiro atoms. The molecule has 0 bridgehead atoms. The summed E-state index contributed by atoms with van der Waals surface area (Å²) in [6, 6.07) is 11.1. The lowest BCUT2D eigenvalue weighted by Crippen LogP contribution is -2.45. The van der Waals surface area contributed by atoms with Crippen LogP contribution in [0.2, 0.25) is 0 Å². The zero-order valence-corrected chi connectivity index (χ0v) is 14.7. The number of hydrogen-bond donors (Lipinski definition) is 1. The summed E-state index contributed by atoms with van der Waals surface area (Å²) in [5, 5.41) is 12.7. The maximum absolute atomic E-state index is 12.7. The Balaban J connectivity index is 1.73. The van der Waals surface area contributed by atoms with Gasteiger partial charge in [-0.1, -0.05) is 18.2 Å². The molecular weight excluding hydrogens is 338 g/mol. The third-order valence-electron chi connectivity index (χ3n) is 4.32. The highest BCUT2D eigenvalue weighted by molar-refractivity contribution is 7.90. The van der Waals surface area contributed by atoms with Gasteiger partial charge in [-0.3, -0.25) is 10.3 Å². The van der Waals surface area contributed by atoms with Crippen molar-refractivity contribution in [3.8, 4) is 6.07 Å². The summed E-state index contributed by atoms with van der Waals surface area (Å²) in [4.78, 5) is 4.32. The first-order chi connectivity index (χ1) is 12.1. The van der Waals surface area contributed by atoms with Crippen LogP contribution in [0, 0.1) is 11.3 Å². The van der Waals surface area contributed by atoms with Gasteiger partial charge in [0, 0.05) is 24.2 Å². The second-order valence-corrected chi connectivity index (χ2v) is 8.40. The first-order valence-corrected chi connectivity index (χ1v) is 10.2. The first-order valence-electron chi connectivity index (χ1n) is 8.33. The van der Waals surface area contributed by atoms with E-state index in [1.54, 1.807) is 6.20 Å². The Morgan fingerprint density at radius 3 is 3.00 bits per heavy atom. The number of para-hydroxylation sites is 1. The number of ether oxygens (including phenoxy) is 1. The Morgan fingerprint density at radius 1 is 1.40 bits per heavy atom. The minimum Gasteiger partial charge on any atom is -0.377 e. The summed E-state index contributed by atoms with van der Waals surface area (Å²) in [7, 11) is -3.36. The third-order valence-corrected chi connectivity index (χ3v) is 5.96. The van der Waals surface area contributed by atoms with Crippen LogP contribution in [0.15, 0.2) is 36.5 Å². The van der Waals surface area contributed by atoms with Crippen LogP contribution in [0.25, 0.3) is 10.9 Å². The molecule has 1 aromatic heterocycles. The van der Waals surface area contributed by atoms with Gasteiger partial charge in [0.15, 0.2) is 9.84 Å². The number of aromatic nitrogens is 1. The minimum absolute atomic E-state index is 0.0494. The van der Waals surface area contributed by atoms with Gasteiger partial charge in [-0.15, -0.1) is 0 Å². The number of nitrogens with zero attached hydrogens (tertiary/aromatic N) is 2. The molecule has 3 rings (SSSR count). The molecule has 7 heteroatoms. The van der Waals surface area contributed by atoms with Crippen LogP contribution in [0.4, 0.5) is 0 Å². The van der Waals surface area contributed by atoms with E-state index in [2.05, 4.69) is 10.3 Å². The van der Waals surface area contributed by atoms with E-state index >= 15 is 0 Å². The second kappa shape index (κ2) is 7.91. The Labute approximate surface area is 147 Å². The van der Waals surface area contributed by atoms with Crippen molar-refractivity contribution in [2.75, 3.05) is 18.9 Å². The van der Waals surface area contributed by atoms with E-state index in [9.17, 15) is 8.42 Å². The van der Waals surface area contributed by atoms with Gasteiger partial charge in [0.1, 0.15) is 0 Å². The number of rotatable bonds is 7. The summed E-state index contributed by atoms with van der Waals surface area (Å²) in [6.07, 6.45) is 3.20. The molecular formula is C18H21N3O3S. The molecule has 0 radical (unpaired) electrons. The van der Waals surface area contributed by atoms with Crippen molar-refractivity contribution in [2.45, 2.75) is 30.7 Å². The largest absolute Gasteiger partial charge is 0.377 e. The van der Waals surface area contributed by atoms with Crippen molar-refractivity contribution in [3.63, 3.8) is 0 Å². The number of fused-ring (bicyclic) bond motifs is 1. The summed E-state index contributed by atoms with van der Waals surface area (Å²) >= 11 is 0. The van der Waals surface area contributed by atoms with Gasteiger partial charge in [0.05, 0.1) is 35.7 Å². The van der Waals surface area contributed by atoms with Gasteiger partial charge in [0.2, 0.25) is 0 Å². The van der Waals surface area contributed by atoms with Crippen molar-refractivity contribution in [2.24, 2.45) is 0 Å². The smallest absolute Gasteiger partial charge is 0.156 e. The van der Waals surface area contributed by atoms with Crippen LogP contribution in [0.3, 0.4) is 0 Å². The predicted octanol–water partition coefficient (Wildman–Crippen LogP) is 1.81. The van der Waals surface area contributed by atoms with E-state index in [1.807, 2.05) is 36.4 Å². The molecule has 0 aliphatic carbocycles. The quantitative estimate of drug-likeness (QED) is 0.758. The van der Waals surface area contributed by atoms with Crippen molar-refractivity contribution in [1.82, 2.24) is 10.3 Å². The SMILES string of the molecule is N#CCNC(CS(=O)(=O)Cc1cnc2ccccc2c1)C1CCCO1.